The van der Waals surface area contributed by atoms with E-state index >= 15 is 0 Å². The van der Waals surface area contributed by atoms with Crippen molar-refractivity contribution < 1.29 is 27.1 Å². The molecule has 1 fully saturated rings. The Morgan fingerprint density at radius 1 is 0.976 bits per heavy atom. The number of carbonyl (C=O) groups excluding carboxylic acids is 2. The first-order valence-electron chi connectivity index (χ1n) is 13.8. The quantitative estimate of drug-likeness (QED) is 0.305. The first-order valence-corrected chi connectivity index (χ1v) is 15.7. The fraction of sp³-hybridized carbons (Fsp3) is 0.355. The van der Waals surface area contributed by atoms with Crippen molar-refractivity contribution in [1.82, 2.24) is 10.2 Å². The fourth-order valence-corrected chi connectivity index (χ4v) is 6.49. The summed E-state index contributed by atoms with van der Waals surface area (Å²) < 4.78 is 47.6. The molecule has 224 valence electrons. The number of benzene rings is 3. The monoisotopic (exact) mass is 615 g/mol. The predicted octanol–water partition coefficient (Wildman–Crippen LogP) is 5.55. The summed E-state index contributed by atoms with van der Waals surface area (Å²) in [4.78, 5) is 28.6. The molecule has 0 radical (unpaired) electrons. The van der Waals surface area contributed by atoms with E-state index in [0.29, 0.717) is 10.8 Å². The number of hydrogen-bond donors (Lipinski definition) is 1. The molecular weight excluding hydrogens is 581 g/mol. The number of ether oxygens (including phenoxy) is 1. The highest BCUT2D eigenvalue weighted by molar-refractivity contribution is 7.92. The Bertz CT molecular complexity index is 1460. The molecule has 0 heterocycles. The van der Waals surface area contributed by atoms with Crippen LogP contribution in [0.25, 0.3) is 0 Å². The molecule has 3 aromatic carbocycles. The highest BCUT2D eigenvalue weighted by Crippen LogP contribution is 2.26. The average molecular weight is 616 g/mol. The maximum atomic E-state index is 14.0. The van der Waals surface area contributed by atoms with Crippen LogP contribution in [0.3, 0.4) is 0 Å². The van der Waals surface area contributed by atoms with E-state index in [-0.39, 0.29) is 29.1 Å². The molecule has 4 rings (SSSR count). The topological polar surface area (TPSA) is 96.0 Å². The Labute approximate surface area is 251 Å². The zero-order valence-electron chi connectivity index (χ0n) is 23.6. The van der Waals surface area contributed by atoms with Gasteiger partial charge < -0.3 is 15.0 Å². The number of nitrogens with one attached hydrogen (secondary N) is 1. The molecule has 8 nitrogen and oxygen atoms in total. The number of anilines is 1. The molecule has 0 bridgehead atoms. The number of nitrogens with zero attached hydrogens (tertiary/aromatic N) is 2. The zero-order valence-corrected chi connectivity index (χ0v) is 25.2. The van der Waals surface area contributed by atoms with Crippen LogP contribution >= 0.6 is 11.6 Å². The molecule has 2 amide bonds. The van der Waals surface area contributed by atoms with E-state index in [1.807, 2.05) is 0 Å². The standard InChI is InChI=1S/C31H35ClFN3O5S/c1-22(31(38)34-26-6-4-3-5-7-26)35(20-23-8-10-24(32)11-9-23)30(37)21-36(27-14-12-25(33)13-15-27)42(39,40)29-18-16-28(41-2)17-19-29/h8-19,22,26H,3-7,20-21H2,1-2H3,(H,34,38). The van der Waals surface area contributed by atoms with E-state index in [2.05, 4.69) is 5.32 Å². The molecule has 42 heavy (non-hydrogen) atoms. The number of hydrogen-bond acceptors (Lipinski definition) is 5. The van der Waals surface area contributed by atoms with Gasteiger partial charge in [-0.25, -0.2) is 12.8 Å². The lowest BCUT2D eigenvalue weighted by Gasteiger charge is -2.33. The summed E-state index contributed by atoms with van der Waals surface area (Å²) in [6.07, 6.45) is 4.94. The predicted molar refractivity (Wildman–Crippen MR) is 160 cm³/mol. The van der Waals surface area contributed by atoms with Crippen LogP contribution in [0.2, 0.25) is 5.02 Å². The van der Waals surface area contributed by atoms with Crippen molar-refractivity contribution in [3.05, 3.63) is 89.2 Å². The molecule has 0 aromatic heterocycles. The van der Waals surface area contributed by atoms with Crippen LogP contribution in [-0.2, 0) is 26.2 Å². The molecule has 1 N–H and O–H groups in total. The molecule has 11 heteroatoms. The third kappa shape index (κ3) is 7.80. The SMILES string of the molecule is COc1ccc(S(=O)(=O)N(CC(=O)N(Cc2ccc(Cl)cc2)C(C)C(=O)NC2CCCCC2)c2ccc(F)cc2)cc1. The van der Waals surface area contributed by atoms with Gasteiger partial charge in [-0.3, -0.25) is 13.9 Å². The van der Waals surface area contributed by atoms with Gasteiger partial charge in [0.1, 0.15) is 24.2 Å². The van der Waals surface area contributed by atoms with Crippen LogP contribution in [0.15, 0.2) is 77.7 Å². The lowest BCUT2D eigenvalue weighted by Crippen LogP contribution is -2.53. The second-order valence-electron chi connectivity index (χ2n) is 10.3. The third-order valence-corrected chi connectivity index (χ3v) is 9.47. The first kappa shape index (κ1) is 31.3. The second kappa shape index (κ2) is 14.0. The van der Waals surface area contributed by atoms with Crippen molar-refractivity contribution >= 4 is 39.1 Å². The minimum absolute atomic E-state index is 0.0346. The van der Waals surface area contributed by atoms with Gasteiger partial charge in [0.2, 0.25) is 11.8 Å². The van der Waals surface area contributed by atoms with Gasteiger partial charge in [-0.05, 0) is 86.0 Å². The van der Waals surface area contributed by atoms with Crippen LogP contribution in [0.1, 0.15) is 44.6 Å². The molecule has 1 unspecified atom stereocenters. The number of halogens is 2. The van der Waals surface area contributed by atoms with E-state index in [0.717, 1.165) is 54.1 Å². The molecule has 1 atom stereocenters. The number of sulfonamides is 1. The van der Waals surface area contributed by atoms with Crippen LogP contribution in [0.4, 0.5) is 10.1 Å². The molecule has 0 saturated heterocycles. The Kier molecular flexibility index (Phi) is 10.5. The van der Waals surface area contributed by atoms with Gasteiger partial charge in [0.15, 0.2) is 0 Å². The number of rotatable bonds is 11. The summed E-state index contributed by atoms with van der Waals surface area (Å²) in [5.41, 5.74) is 0.822. The summed E-state index contributed by atoms with van der Waals surface area (Å²) in [5.74, 6) is -0.997. The molecule has 0 aliphatic heterocycles. The molecule has 1 aliphatic carbocycles. The summed E-state index contributed by atoms with van der Waals surface area (Å²) in [6, 6.07) is 16.6. The van der Waals surface area contributed by atoms with Crippen molar-refractivity contribution in [3.8, 4) is 5.75 Å². The summed E-state index contributed by atoms with van der Waals surface area (Å²) in [6.45, 7) is 1.07. The molecule has 1 aliphatic rings. The van der Waals surface area contributed by atoms with Crippen LogP contribution < -0.4 is 14.4 Å². The Hall–Kier alpha value is -3.63. The van der Waals surface area contributed by atoms with Crippen LogP contribution in [-0.4, -0.2) is 50.9 Å². The minimum Gasteiger partial charge on any atom is -0.497 e. The molecule has 1 saturated carbocycles. The van der Waals surface area contributed by atoms with E-state index in [1.165, 1.54) is 48.4 Å². The van der Waals surface area contributed by atoms with E-state index < -0.39 is 34.3 Å². The Morgan fingerprint density at radius 2 is 1.60 bits per heavy atom. The molecule has 3 aromatic rings. The van der Waals surface area contributed by atoms with Gasteiger partial charge in [-0.1, -0.05) is 43.0 Å². The van der Waals surface area contributed by atoms with E-state index in [9.17, 15) is 22.4 Å². The second-order valence-corrected chi connectivity index (χ2v) is 12.6. The largest absolute Gasteiger partial charge is 0.497 e. The van der Waals surface area contributed by atoms with Gasteiger partial charge >= 0.3 is 0 Å². The minimum atomic E-state index is -4.28. The van der Waals surface area contributed by atoms with Gasteiger partial charge in [0.05, 0.1) is 17.7 Å². The van der Waals surface area contributed by atoms with E-state index in [1.54, 1.807) is 31.2 Å². The van der Waals surface area contributed by atoms with Gasteiger partial charge in [-0.15, -0.1) is 0 Å². The maximum absolute atomic E-state index is 14.0. The first-order chi connectivity index (χ1) is 20.1. The van der Waals surface area contributed by atoms with Crippen molar-refractivity contribution in [2.24, 2.45) is 0 Å². The van der Waals surface area contributed by atoms with Gasteiger partial charge in [-0.2, -0.15) is 0 Å². The van der Waals surface area contributed by atoms with Crippen molar-refractivity contribution in [3.63, 3.8) is 0 Å². The Morgan fingerprint density at radius 3 is 2.19 bits per heavy atom. The van der Waals surface area contributed by atoms with Crippen molar-refractivity contribution in [2.45, 2.75) is 62.6 Å². The third-order valence-electron chi connectivity index (χ3n) is 7.43. The van der Waals surface area contributed by atoms with E-state index in [4.69, 9.17) is 16.3 Å². The van der Waals surface area contributed by atoms with Crippen molar-refractivity contribution in [1.29, 1.82) is 0 Å². The zero-order chi connectivity index (χ0) is 30.3. The summed E-state index contributed by atoms with van der Waals surface area (Å²) in [7, 11) is -2.81. The highest BCUT2D eigenvalue weighted by Gasteiger charge is 2.33. The Balaban J connectivity index is 1.66. The summed E-state index contributed by atoms with van der Waals surface area (Å²) >= 11 is 6.05. The maximum Gasteiger partial charge on any atom is 0.264 e. The molecule has 0 spiro atoms. The summed E-state index contributed by atoms with van der Waals surface area (Å²) in [5, 5.41) is 3.59. The smallest absolute Gasteiger partial charge is 0.264 e. The average Bonchev–Trinajstić information content (AvgIpc) is 3.00. The van der Waals surface area contributed by atoms with Gasteiger partial charge in [0, 0.05) is 17.6 Å². The number of methoxy groups -OCH3 is 1. The lowest BCUT2D eigenvalue weighted by atomic mass is 9.95. The molecular formula is C31H35ClFN3O5S. The fourth-order valence-electron chi connectivity index (χ4n) is 4.95. The number of amides is 2. The number of carbonyl (C=O) groups is 2. The normalized spacial score (nSPS) is 14.6. The van der Waals surface area contributed by atoms with Crippen LogP contribution in [0, 0.1) is 5.82 Å². The highest BCUT2D eigenvalue weighted by atomic mass is 35.5. The van der Waals surface area contributed by atoms with Crippen LogP contribution in [0.5, 0.6) is 5.75 Å². The van der Waals surface area contributed by atoms with Gasteiger partial charge in [0.25, 0.3) is 10.0 Å². The van der Waals surface area contributed by atoms with Crippen molar-refractivity contribution in [2.75, 3.05) is 18.0 Å². The lowest BCUT2D eigenvalue weighted by molar-refractivity contribution is -0.139.